The molecular formula is C20H28ClN3O4S2. The zero-order chi connectivity index (χ0) is 21.7. The predicted molar refractivity (Wildman–Crippen MR) is 120 cm³/mol. The van der Waals surface area contributed by atoms with Gasteiger partial charge in [-0.05, 0) is 51.1 Å². The van der Waals surface area contributed by atoms with Gasteiger partial charge >= 0.3 is 0 Å². The Balaban J connectivity index is 1.66. The topological polar surface area (TPSA) is 91.8 Å². The summed E-state index contributed by atoms with van der Waals surface area (Å²) in [6, 6.07) is 4.36. The van der Waals surface area contributed by atoms with E-state index in [4.69, 9.17) is 16.3 Å². The number of nitrogens with one attached hydrogen (secondary N) is 1. The second-order valence-corrected chi connectivity index (χ2v) is 10.7. The molecule has 7 nitrogen and oxygen atoms in total. The normalized spacial score (nSPS) is 16.6. The molecule has 1 aromatic heterocycles. The van der Waals surface area contributed by atoms with Gasteiger partial charge in [0.1, 0.15) is 12.4 Å². The lowest BCUT2D eigenvalue weighted by molar-refractivity contribution is 0.0818. The molecule has 0 bridgehead atoms. The van der Waals surface area contributed by atoms with E-state index in [1.165, 1.54) is 18.6 Å². The van der Waals surface area contributed by atoms with Gasteiger partial charge in [0.15, 0.2) is 5.13 Å². The van der Waals surface area contributed by atoms with Gasteiger partial charge in [0.05, 0.1) is 21.7 Å². The van der Waals surface area contributed by atoms with Gasteiger partial charge in [0.25, 0.3) is 10.0 Å². The van der Waals surface area contributed by atoms with Crippen molar-refractivity contribution in [2.45, 2.75) is 43.1 Å². The summed E-state index contributed by atoms with van der Waals surface area (Å²) >= 11 is 7.37. The number of nitrogens with zero attached hydrogens (tertiary/aromatic N) is 2. The molecule has 2 N–H and O–H groups in total. The van der Waals surface area contributed by atoms with Crippen molar-refractivity contribution in [1.29, 1.82) is 0 Å². The van der Waals surface area contributed by atoms with Gasteiger partial charge in [0.2, 0.25) is 0 Å². The monoisotopic (exact) mass is 473 g/mol. The molecule has 0 spiro atoms. The highest BCUT2D eigenvalue weighted by molar-refractivity contribution is 7.93. The van der Waals surface area contributed by atoms with Crippen LogP contribution in [0, 0.1) is 5.92 Å². The van der Waals surface area contributed by atoms with Gasteiger partial charge in [0, 0.05) is 11.9 Å². The molecule has 1 atom stereocenters. The summed E-state index contributed by atoms with van der Waals surface area (Å²) in [6.07, 6.45) is 4.71. The molecule has 1 heterocycles. The zero-order valence-corrected chi connectivity index (χ0v) is 19.6. The van der Waals surface area contributed by atoms with Crippen molar-refractivity contribution in [3.8, 4) is 5.75 Å². The highest BCUT2D eigenvalue weighted by Crippen LogP contribution is 2.36. The molecule has 166 valence electrons. The third kappa shape index (κ3) is 6.07. The Labute approximate surface area is 187 Å². The molecule has 3 rings (SSSR count). The van der Waals surface area contributed by atoms with E-state index < -0.39 is 16.1 Å². The SMILES string of the molecule is CN(C)CCOc1ccc(S(=O)(=O)Nc2nc(C(O)C3CCCCC3)cs2)cc1Cl. The quantitative estimate of drug-likeness (QED) is 0.568. The van der Waals surface area contributed by atoms with Crippen LogP contribution in [0.15, 0.2) is 28.5 Å². The lowest BCUT2D eigenvalue weighted by Crippen LogP contribution is -2.19. The number of aliphatic hydroxyl groups is 1. The molecule has 1 aromatic carbocycles. The van der Waals surface area contributed by atoms with E-state index in [0.29, 0.717) is 18.1 Å². The number of anilines is 1. The number of aromatic nitrogens is 1. The summed E-state index contributed by atoms with van der Waals surface area (Å²) in [4.78, 5) is 6.31. The van der Waals surface area contributed by atoms with Crippen molar-refractivity contribution in [3.63, 3.8) is 0 Å². The Hall–Kier alpha value is -1.39. The van der Waals surface area contributed by atoms with E-state index in [-0.39, 0.29) is 21.0 Å². The van der Waals surface area contributed by atoms with E-state index >= 15 is 0 Å². The minimum atomic E-state index is -3.86. The Kier molecular flexibility index (Phi) is 7.98. The number of sulfonamides is 1. The van der Waals surface area contributed by atoms with Gasteiger partial charge in [-0.2, -0.15) is 0 Å². The van der Waals surface area contributed by atoms with Crippen molar-refractivity contribution < 1.29 is 18.3 Å². The van der Waals surface area contributed by atoms with Crippen LogP contribution >= 0.6 is 22.9 Å². The second-order valence-electron chi connectivity index (χ2n) is 7.77. The van der Waals surface area contributed by atoms with E-state index in [1.54, 1.807) is 11.4 Å². The van der Waals surface area contributed by atoms with E-state index in [0.717, 1.165) is 43.6 Å². The molecule has 1 unspecified atom stereocenters. The first-order valence-corrected chi connectivity index (χ1v) is 12.7. The molecular weight excluding hydrogens is 446 g/mol. The van der Waals surface area contributed by atoms with Gasteiger partial charge in [-0.3, -0.25) is 4.72 Å². The number of benzene rings is 1. The second kappa shape index (κ2) is 10.3. The maximum Gasteiger partial charge on any atom is 0.263 e. The maximum atomic E-state index is 12.7. The number of hydrogen-bond donors (Lipinski definition) is 2. The number of hydrogen-bond acceptors (Lipinski definition) is 7. The van der Waals surface area contributed by atoms with Crippen LogP contribution < -0.4 is 9.46 Å². The Bertz CT molecular complexity index is 943. The minimum Gasteiger partial charge on any atom is -0.491 e. The molecule has 0 amide bonds. The van der Waals surface area contributed by atoms with Crippen LogP contribution in [-0.4, -0.2) is 50.7 Å². The summed E-state index contributed by atoms with van der Waals surface area (Å²) in [7, 11) is 0.0143. The summed E-state index contributed by atoms with van der Waals surface area (Å²) in [5, 5.41) is 12.7. The van der Waals surface area contributed by atoms with Gasteiger partial charge in [-0.1, -0.05) is 30.9 Å². The minimum absolute atomic E-state index is 0.0250. The highest BCUT2D eigenvalue weighted by atomic mass is 35.5. The van der Waals surface area contributed by atoms with Gasteiger partial charge < -0.3 is 14.7 Å². The predicted octanol–water partition coefficient (Wildman–Crippen LogP) is 4.15. The first-order valence-electron chi connectivity index (χ1n) is 9.99. The molecule has 0 aliphatic heterocycles. The fourth-order valence-corrected chi connectivity index (χ4v) is 5.76. The average Bonchev–Trinajstić information content (AvgIpc) is 3.16. The van der Waals surface area contributed by atoms with Crippen molar-refractivity contribution in [2.75, 3.05) is 32.0 Å². The highest BCUT2D eigenvalue weighted by Gasteiger charge is 2.26. The summed E-state index contributed by atoms with van der Waals surface area (Å²) < 4.78 is 33.5. The summed E-state index contributed by atoms with van der Waals surface area (Å²) in [5.41, 5.74) is 0.521. The molecule has 10 heteroatoms. The molecule has 30 heavy (non-hydrogen) atoms. The van der Waals surface area contributed by atoms with Crippen molar-refractivity contribution in [2.24, 2.45) is 5.92 Å². The van der Waals surface area contributed by atoms with Gasteiger partial charge in [-0.15, -0.1) is 11.3 Å². The lowest BCUT2D eigenvalue weighted by Gasteiger charge is -2.25. The van der Waals surface area contributed by atoms with Crippen LogP contribution in [-0.2, 0) is 10.0 Å². The van der Waals surface area contributed by atoms with Crippen LogP contribution in [0.1, 0.15) is 43.9 Å². The Morgan fingerprint density at radius 1 is 1.33 bits per heavy atom. The molecule has 1 fully saturated rings. The number of rotatable bonds is 9. The van der Waals surface area contributed by atoms with Crippen molar-refractivity contribution in [3.05, 3.63) is 34.3 Å². The van der Waals surface area contributed by atoms with E-state index in [1.807, 2.05) is 19.0 Å². The first-order chi connectivity index (χ1) is 14.3. The van der Waals surface area contributed by atoms with Crippen LogP contribution in [0.5, 0.6) is 5.75 Å². The molecule has 0 radical (unpaired) electrons. The molecule has 1 aliphatic rings. The third-order valence-corrected chi connectivity index (χ3v) is 7.69. The van der Waals surface area contributed by atoms with Gasteiger partial charge in [-0.25, -0.2) is 13.4 Å². The van der Waals surface area contributed by atoms with E-state index in [2.05, 4.69) is 9.71 Å². The zero-order valence-electron chi connectivity index (χ0n) is 17.2. The standard InChI is InChI=1S/C20H28ClN3O4S2/c1-24(2)10-11-28-18-9-8-15(12-16(18)21)30(26,27)23-20-22-17(13-29-20)19(25)14-6-4-3-5-7-14/h8-9,12-14,19,25H,3-7,10-11H2,1-2H3,(H,22,23). The maximum absolute atomic E-state index is 12.7. The number of thiazole rings is 1. The number of aliphatic hydroxyl groups excluding tert-OH is 1. The van der Waals surface area contributed by atoms with Crippen molar-refractivity contribution >= 4 is 38.1 Å². The third-order valence-electron chi connectivity index (χ3n) is 5.15. The fraction of sp³-hybridized carbons (Fsp3) is 0.550. The molecule has 2 aromatic rings. The summed E-state index contributed by atoms with van der Waals surface area (Å²) in [5.74, 6) is 0.619. The summed E-state index contributed by atoms with van der Waals surface area (Å²) in [6.45, 7) is 1.17. The van der Waals surface area contributed by atoms with Crippen LogP contribution in [0.25, 0.3) is 0 Å². The largest absolute Gasteiger partial charge is 0.491 e. The molecule has 1 aliphatic carbocycles. The average molecular weight is 474 g/mol. The molecule has 0 saturated heterocycles. The smallest absolute Gasteiger partial charge is 0.263 e. The van der Waals surface area contributed by atoms with Crippen molar-refractivity contribution in [1.82, 2.24) is 9.88 Å². The van der Waals surface area contributed by atoms with Crippen LogP contribution in [0.3, 0.4) is 0 Å². The number of likely N-dealkylation sites (N-methyl/N-ethyl adjacent to an activating group) is 1. The fourth-order valence-electron chi connectivity index (χ4n) is 3.44. The molecule has 1 saturated carbocycles. The number of ether oxygens (including phenoxy) is 1. The lowest BCUT2D eigenvalue weighted by atomic mass is 9.84. The van der Waals surface area contributed by atoms with Crippen LogP contribution in [0.2, 0.25) is 5.02 Å². The Morgan fingerprint density at radius 3 is 2.73 bits per heavy atom. The first kappa shape index (κ1) is 23.3. The number of halogens is 1. The van der Waals surface area contributed by atoms with E-state index in [9.17, 15) is 13.5 Å². The van der Waals surface area contributed by atoms with Crippen LogP contribution in [0.4, 0.5) is 5.13 Å². The Morgan fingerprint density at radius 2 is 2.07 bits per heavy atom.